The molecule has 1 aromatic heterocycles. The van der Waals surface area contributed by atoms with Gasteiger partial charge in [-0.05, 0) is 42.2 Å². The minimum absolute atomic E-state index is 0.00597. The summed E-state index contributed by atoms with van der Waals surface area (Å²) in [6.45, 7) is 1.32. The molecule has 2 amide bonds. The summed E-state index contributed by atoms with van der Waals surface area (Å²) in [5, 5.41) is 13.0. The molecular formula is C23H27N3O5. The van der Waals surface area contributed by atoms with Gasteiger partial charge in [0.15, 0.2) is 0 Å². The first-order chi connectivity index (χ1) is 15.2. The lowest BCUT2D eigenvalue weighted by Gasteiger charge is -2.40. The Hall–Kier alpha value is -2.81. The lowest BCUT2D eigenvalue weighted by Crippen LogP contribution is -2.52. The fraction of sp³-hybridized carbons (Fsp3) is 0.435. The first-order valence-electron chi connectivity index (χ1n) is 10.5. The molecule has 1 aromatic carbocycles. The van der Waals surface area contributed by atoms with E-state index in [0.717, 1.165) is 24.0 Å². The Morgan fingerprint density at radius 2 is 1.97 bits per heavy atom. The summed E-state index contributed by atoms with van der Waals surface area (Å²) in [5.41, 5.74) is 2.44. The van der Waals surface area contributed by atoms with Crippen molar-refractivity contribution in [3.8, 4) is 0 Å². The Morgan fingerprint density at radius 1 is 1.19 bits per heavy atom. The lowest BCUT2D eigenvalue weighted by atomic mass is 9.98. The molecule has 3 heterocycles. The number of benzene rings is 1. The Labute approximate surface area is 181 Å². The largest absolute Gasteiger partial charge is 0.394 e. The van der Waals surface area contributed by atoms with E-state index < -0.39 is 12.1 Å². The number of aromatic nitrogens is 1. The van der Waals surface area contributed by atoms with E-state index in [9.17, 15) is 14.7 Å². The predicted octanol–water partition coefficient (Wildman–Crippen LogP) is 1.91. The van der Waals surface area contributed by atoms with Gasteiger partial charge in [-0.1, -0.05) is 18.2 Å². The highest BCUT2D eigenvalue weighted by molar-refractivity contribution is 5.92. The van der Waals surface area contributed by atoms with E-state index >= 15 is 0 Å². The zero-order chi connectivity index (χ0) is 21.6. The molecule has 8 nitrogen and oxygen atoms in total. The molecule has 164 valence electrons. The maximum atomic E-state index is 12.5. The van der Waals surface area contributed by atoms with Crippen molar-refractivity contribution >= 4 is 17.5 Å². The number of morpholine rings is 1. The van der Waals surface area contributed by atoms with Gasteiger partial charge in [0.1, 0.15) is 12.7 Å². The molecule has 0 aliphatic carbocycles. The van der Waals surface area contributed by atoms with Crippen LogP contribution in [0, 0.1) is 5.92 Å². The van der Waals surface area contributed by atoms with Crippen LogP contribution >= 0.6 is 0 Å². The van der Waals surface area contributed by atoms with Gasteiger partial charge < -0.3 is 24.8 Å². The molecular weight excluding hydrogens is 398 g/mol. The fourth-order valence-corrected chi connectivity index (χ4v) is 4.07. The van der Waals surface area contributed by atoms with Gasteiger partial charge in [0.2, 0.25) is 11.8 Å². The smallest absolute Gasteiger partial charge is 0.249 e. The zero-order valence-corrected chi connectivity index (χ0v) is 17.3. The number of aliphatic hydroxyl groups excluding tert-OH is 1. The maximum Gasteiger partial charge on any atom is 0.249 e. The van der Waals surface area contributed by atoms with E-state index in [1.165, 1.54) is 0 Å². The highest BCUT2D eigenvalue weighted by Crippen LogP contribution is 2.31. The molecule has 0 radical (unpaired) electrons. The average Bonchev–Trinajstić information content (AvgIpc) is 2.82. The molecule has 2 N–H and O–H groups in total. The fourth-order valence-electron chi connectivity index (χ4n) is 4.07. The van der Waals surface area contributed by atoms with Crippen molar-refractivity contribution in [2.24, 2.45) is 5.92 Å². The van der Waals surface area contributed by atoms with Crippen molar-refractivity contribution in [2.45, 2.75) is 31.5 Å². The van der Waals surface area contributed by atoms with Gasteiger partial charge in [-0.3, -0.25) is 14.6 Å². The van der Waals surface area contributed by atoms with Gasteiger partial charge in [0.25, 0.3) is 0 Å². The van der Waals surface area contributed by atoms with Gasteiger partial charge in [-0.2, -0.15) is 0 Å². The third kappa shape index (κ3) is 5.10. The number of pyridine rings is 1. The molecule has 0 saturated carbocycles. The molecule has 0 bridgehead atoms. The van der Waals surface area contributed by atoms with Gasteiger partial charge in [0.05, 0.1) is 12.6 Å². The summed E-state index contributed by atoms with van der Waals surface area (Å²) in [7, 11) is 0. The van der Waals surface area contributed by atoms with Crippen LogP contribution in [0.5, 0.6) is 0 Å². The third-order valence-electron chi connectivity index (χ3n) is 5.82. The molecule has 2 unspecified atom stereocenters. The summed E-state index contributed by atoms with van der Waals surface area (Å²) in [4.78, 5) is 30.7. The van der Waals surface area contributed by atoms with Crippen LogP contribution in [0.2, 0.25) is 0 Å². The molecule has 2 aromatic rings. The normalized spacial score (nSPS) is 22.4. The molecule has 2 saturated heterocycles. The first-order valence-corrected chi connectivity index (χ1v) is 10.5. The highest BCUT2D eigenvalue weighted by Gasteiger charge is 2.37. The Balaban J connectivity index is 1.45. The van der Waals surface area contributed by atoms with Crippen molar-refractivity contribution < 1.29 is 24.2 Å². The number of nitrogens with one attached hydrogen (secondary N) is 1. The molecule has 2 fully saturated rings. The summed E-state index contributed by atoms with van der Waals surface area (Å²) < 4.78 is 11.1. The second-order valence-electron chi connectivity index (χ2n) is 7.86. The molecule has 2 atom stereocenters. The van der Waals surface area contributed by atoms with Crippen LogP contribution in [0.25, 0.3) is 0 Å². The number of ether oxygens (including phenoxy) is 2. The quantitative estimate of drug-likeness (QED) is 0.733. The minimum Gasteiger partial charge on any atom is -0.394 e. The summed E-state index contributed by atoms with van der Waals surface area (Å²) in [6, 6.07) is 10.6. The van der Waals surface area contributed by atoms with Crippen molar-refractivity contribution in [3.63, 3.8) is 0 Å². The topological polar surface area (TPSA) is 101 Å². The van der Waals surface area contributed by atoms with Gasteiger partial charge in [0, 0.05) is 43.8 Å². The second-order valence-corrected chi connectivity index (χ2v) is 7.86. The van der Waals surface area contributed by atoms with E-state index in [0.29, 0.717) is 25.4 Å². The Morgan fingerprint density at radius 3 is 2.65 bits per heavy atom. The second kappa shape index (κ2) is 10.00. The predicted molar refractivity (Wildman–Crippen MR) is 113 cm³/mol. The lowest BCUT2D eigenvalue weighted by molar-refractivity contribution is -0.162. The minimum atomic E-state index is -0.510. The highest BCUT2D eigenvalue weighted by atomic mass is 16.5. The van der Waals surface area contributed by atoms with Crippen LogP contribution in [-0.2, 0) is 25.6 Å². The molecule has 2 aliphatic rings. The van der Waals surface area contributed by atoms with Gasteiger partial charge in [-0.25, -0.2) is 0 Å². The number of hydrogen-bond donors (Lipinski definition) is 2. The van der Waals surface area contributed by atoms with Gasteiger partial charge in [-0.15, -0.1) is 0 Å². The first kappa shape index (κ1) is 21.4. The molecule has 4 rings (SSSR count). The van der Waals surface area contributed by atoms with E-state index in [1.807, 2.05) is 36.4 Å². The van der Waals surface area contributed by atoms with Crippen LogP contribution < -0.4 is 5.32 Å². The maximum absolute atomic E-state index is 12.5. The zero-order valence-electron chi connectivity index (χ0n) is 17.3. The summed E-state index contributed by atoms with van der Waals surface area (Å²) in [5.74, 6) is -0.188. The van der Waals surface area contributed by atoms with Gasteiger partial charge >= 0.3 is 0 Å². The SMILES string of the molecule is O=C(Nc1ccc(C2OCC(=O)N(Cc3cccnc3)C2CO)cc1)C1CCOCC1. The van der Waals surface area contributed by atoms with E-state index in [-0.39, 0.29) is 30.9 Å². The number of anilines is 1. The Bertz CT molecular complexity index is 884. The van der Waals surface area contributed by atoms with Crippen molar-refractivity contribution in [2.75, 3.05) is 31.7 Å². The molecule has 8 heteroatoms. The molecule has 31 heavy (non-hydrogen) atoms. The summed E-state index contributed by atoms with van der Waals surface area (Å²) >= 11 is 0. The van der Waals surface area contributed by atoms with Crippen molar-refractivity contribution in [1.29, 1.82) is 0 Å². The van der Waals surface area contributed by atoms with Crippen LogP contribution in [-0.4, -0.2) is 59.3 Å². The number of carbonyl (C=O) groups is 2. The van der Waals surface area contributed by atoms with Crippen LogP contribution in [0.1, 0.15) is 30.1 Å². The Kier molecular flexibility index (Phi) is 6.91. The van der Waals surface area contributed by atoms with E-state index in [2.05, 4.69) is 10.3 Å². The standard InChI is InChI=1S/C23H27N3O5/c27-14-20-22(31-15-21(28)26(20)13-16-2-1-9-24-12-16)17-3-5-19(6-4-17)25-23(29)18-7-10-30-11-8-18/h1-6,9,12,18,20,22,27H,7-8,10-11,13-15H2,(H,25,29). The summed E-state index contributed by atoms with van der Waals surface area (Å²) in [6.07, 6.45) is 4.40. The monoisotopic (exact) mass is 425 g/mol. The van der Waals surface area contributed by atoms with E-state index in [4.69, 9.17) is 9.47 Å². The van der Waals surface area contributed by atoms with Crippen LogP contribution in [0.15, 0.2) is 48.8 Å². The average molecular weight is 425 g/mol. The van der Waals surface area contributed by atoms with Crippen LogP contribution in [0.4, 0.5) is 5.69 Å². The number of hydrogen-bond acceptors (Lipinski definition) is 6. The number of amides is 2. The van der Waals surface area contributed by atoms with Crippen LogP contribution in [0.3, 0.4) is 0 Å². The molecule has 2 aliphatic heterocycles. The van der Waals surface area contributed by atoms with Crippen molar-refractivity contribution in [3.05, 3.63) is 59.9 Å². The number of rotatable bonds is 6. The number of carbonyl (C=O) groups excluding carboxylic acids is 2. The number of aliphatic hydroxyl groups is 1. The molecule has 0 spiro atoms. The number of nitrogens with zero attached hydrogens (tertiary/aromatic N) is 2. The van der Waals surface area contributed by atoms with E-state index in [1.54, 1.807) is 17.3 Å². The third-order valence-corrected chi connectivity index (χ3v) is 5.82. The van der Waals surface area contributed by atoms with Crippen molar-refractivity contribution in [1.82, 2.24) is 9.88 Å².